The number of furan rings is 1. The quantitative estimate of drug-likeness (QED) is 0.830. The second-order valence-electron chi connectivity index (χ2n) is 3.64. The van der Waals surface area contributed by atoms with Crippen molar-refractivity contribution >= 4 is 23.4 Å². The molecule has 4 heteroatoms. The molecule has 0 saturated heterocycles. The highest BCUT2D eigenvalue weighted by Gasteiger charge is 2.11. The number of benzene rings is 1. The zero-order chi connectivity index (χ0) is 12.1. The first-order chi connectivity index (χ1) is 8.31. The van der Waals surface area contributed by atoms with E-state index < -0.39 is 0 Å². The molecule has 0 saturated carbocycles. The number of hydrogen-bond acceptors (Lipinski definition) is 3. The van der Waals surface area contributed by atoms with Gasteiger partial charge in [-0.25, -0.2) is 0 Å². The van der Waals surface area contributed by atoms with Crippen molar-refractivity contribution in [1.82, 2.24) is 5.32 Å². The third-order valence-electron chi connectivity index (χ3n) is 2.54. The summed E-state index contributed by atoms with van der Waals surface area (Å²) in [6.45, 7) is 0. The van der Waals surface area contributed by atoms with E-state index in [1.807, 2.05) is 37.4 Å². The minimum absolute atomic E-state index is 0.273. The molecule has 90 valence electrons. The minimum atomic E-state index is 0.273. The number of thioether (sulfide) groups is 1. The third kappa shape index (κ3) is 3.28. The summed E-state index contributed by atoms with van der Waals surface area (Å²) in [5.41, 5.74) is 1.16. The van der Waals surface area contributed by atoms with Gasteiger partial charge in [0.1, 0.15) is 0 Å². The minimum Gasteiger partial charge on any atom is -0.472 e. The van der Waals surface area contributed by atoms with Crippen LogP contribution in [-0.2, 0) is 0 Å². The maximum atomic E-state index is 6.12. The molecule has 0 amide bonds. The van der Waals surface area contributed by atoms with Gasteiger partial charge < -0.3 is 9.73 Å². The van der Waals surface area contributed by atoms with Crippen molar-refractivity contribution in [3.8, 4) is 0 Å². The van der Waals surface area contributed by atoms with Gasteiger partial charge in [-0.1, -0.05) is 23.7 Å². The fourth-order valence-electron chi connectivity index (χ4n) is 1.55. The van der Waals surface area contributed by atoms with Crippen LogP contribution < -0.4 is 5.32 Å². The van der Waals surface area contributed by atoms with Crippen LogP contribution in [0.3, 0.4) is 0 Å². The molecule has 2 aromatic rings. The molecule has 0 spiro atoms. The molecule has 2 nitrogen and oxygen atoms in total. The van der Waals surface area contributed by atoms with Crippen molar-refractivity contribution in [2.45, 2.75) is 10.9 Å². The monoisotopic (exact) mass is 267 g/mol. The Bertz CT molecular complexity index is 458. The number of nitrogens with one attached hydrogen (secondary N) is 1. The first kappa shape index (κ1) is 12.6. The molecule has 1 unspecified atom stereocenters. The van der Waals surface area contributed by atoms with Gasteiger partial charge in [0.25, 0.3) is 0 Å². The van der Waals surface area contributed by atoms with Crippen molar-refractivity contribution in [2.24, 2.45) is 0 Å². The lowest BCUT2D eigenvalue weighted by Gasteiger charge is -2.14. The average molecular weight is 268 g/mol. The van der Waals surface area contributed by atoms with Crippen LogP contribution in [0.25, 0.3) is 0 Å². The van der Waals surface area contributed by atoms with E-state index >= 15 is 0 Å². The van der Waals surface area contributed by atoms with E-state index in [9.17, 15) is 0 Å². The molecule has 1 atom stereocenters. The fourth-order valence-corrected chi connectivity index (χ4v) is 2.94. The van der Waals surface area contributed by atoms with E-state index in [0.717, 1.165) is 21.2 Å². The van der Waals surface area contributed by atoms with Gasteiger partial charge in [0.05, 0.1) is 17.5 Å². The Kier molecular flexibility index (Phi) is 4.54. The van der Waals surface area contributed by atoms with Gasteiger partial charge in [0.2, 0.25) is 0 Å². The Morgan fingerprint density at radius 1 is 1.35 bits per heavy atom. The number of halogens is 1. The molecule has 0 aliphatic rings. The second kappa shape index (κ2) is 6.15. The second-order valence-corrected chi connectivity index (χ2v) is 5.11. The summed E-state index contributed by atoms with van der Waals surface area (Å²) in [4.78, 5) is 1.11. The highest BCUT2D eigenvalue weighted by molar-refractivity contribution is 7.99. The van der Waals surface area contributed by atoms with Gasteiger partial charge in [-0.05, 0) is 25.2 Å². The van der Waals surface area contributed by atoms with Crippen LogP contribution in [-0.4, -0.2) is 12.8 Å². The topological polar surface area (TPSA) is 25.2 Å². The first-order valence-corrected chi connectivity index (χ1v) is 6.74. The molecule has 1 heterocycles. The van der Waals surface area contributed by atoms with Crippen LogP contribution in [0.5, 0.6) is 0 Å². The molecule has 1 aromatic heterocycles. The maximum absolute atomic E-state index is 6.12. The molecule has 0 bridgehead atoms. The molecule has 1 aromatic carbocycles. The molecule has 0 aliphatic heterocycles. The Balaban J connectivity index is 2.00. The normalized spacial score (nSPS) is 12.6. The zero-order valence-corrected chi connectivity index (χ0v) is 11.1. The van der Waals surface area contributed by atoms with Crippen molar-refractivity contribution in [3.05, 3.63) is 53.4 Å². The summed E-state index contributed by atoms with van der Waals surface area (Å²) in [5, 5.41) is 4.08. The van der Waals surface area contributed by atoms with Crippen LogP contribution in [0.4, 0.5) is 0 Å². The Morgan fingerprint density at radius 2 is 2.18 bits per heavy atom. The highest BCUT2D eigenvalue weighted by atomic mass is 35.5. The van der Waals surface area contributed by atoms with E-state index in [0.29, 0.717) is 0 Å². The van der Waals surface area contributed by atoms with Gasteiger partial charge in [-0.3, -0.25) is 0 Å². The van der Waals surface area contributed by atoms with Crippen LogP contribution in [0, 0.1) is 0 Å². The Morgan fingerprint density at radius 3 is 2.82 bits per heavy atom. The summed E-state index contributed by atoms with van der Waals surface area (Å²) in [6, 6.07) is 10.1. The largest absolute Gasteiger partial charge is 0.472 e. The van der Waals surface area contributed by atoms with E-state index in [-0.39, 0.29) is 6.04 Å². The summed E-state index contributed by atoms with van der Waals surface area (Å²) in [5.74, 6) is 0.916. The van der Waals surface area contributed by atoms with Gasteiger partial charge >= 0.3 is 0 Å². The lowest BCUT2D eigenvalue weighted by molar-refractivity contribution is 0.555. The molecule has 0 fully saturated rings. The summed E-state index contributed by atoms with van der Waals surface area (Å²) in [6.07, 6.45) is 3.47. The van der Waals surface area contributed by atoms with E-state index in [1.54, 1.807) is 24.3 Å². The van der Waals surface area contributed by atoms with Gasteiger partial charge in [-0.15, -0.1) is 11.8 Å². The molecular formula is C13H14ClNOS. The van der Waals surface area contributed by atoms with Crippen LogP contribution in [0.15, 0.2) is 52.2 Å². The summed E-state index contributed by atoms with van der Waals surface area (Å²) >= 11 is 7.86. The van der Waals surface area contributed by atoms with E-state index in [1.165, 1.54) is 0 Å². The fraction of sp³-hybridized carbons (Fsp3) is 0.231. The lowest BCUT2D eigenvalue weighted by atomic mass is 10.2. The molecule has 0 radical (unpaired) electrons. The Labute approximate surface area is 110 Å². The average Bonchev–Trinajstić information content (AvgIpc) is 2.86. The number of rotatable bonds is 5. The molecule has 2 rings (SSSR count). The lowest BCUT2D eigenvalue weighted by Crippen LogP contribution is -2.17. The molecular weight excluding hydrogens is 254 g/mol. The SMILES string of the molecule is CNC(CSc1ccccc1Cl)c1ccoc1. The predicted octanol–water partition coefficient (Wildman–Crippen LogP) is 3.99. The molecule has 0 aliphatic carbocycles. The van der Waals surface area contributed by atoms with Crippen molar-refractivity contribution in [2.75, 3.05) is 12.8 Å². The number of hydrogen-bond donors (Lipinski definition) is 1. The zero-order valence-electron chi connectivity index (χ0n) is 9.52. The van der Waals surface area contributed by atoms with Gasteiger partial charge in [0.15, 0.2) is 0 Å². The maximum Gasteiger partial charge on any atom is 0.0950 e. The summed E-state index contributed by atoms with van der Waals surface area (Å²) in [7, 11) is 1.95. The van der Waals surface area contributed by atoms with Crippen molar-refractivity contribution in [3.63, 3.8) is 0 Å². The van der Waals surface area contributed by atoms with E-state index in [2.05, 4.69) is 5.32 Å². The van der Waals surface area contributed by atoms with Crippen LogP contribution >= 0.6 is 23.4 Å². The summed E-state index contributed by atoms with van der Waals surface area (Å²) < 4.78 is 5.10. The van der Waals surface area contributed by atoms with Gasteiger partial charge in [-0.2, -0.15) is 0 Å². The molecule has 17 heavy (non-hydrogen) atoms. The Hall–Kier alpha value is -0.900. The first-order valence-electron chi connectivity index (χ1n) is 5.38. The van der Waals surface area contributed by atoms with Crippen LogP contribution in [0.1, 0.15) is 11.6 Å². The predicted molar refractivity (Wildman–Crippen MR) is 72.7 cm³/mol. The van der Waals surface area contributed by atoms with Crippen molar-refractivity contribution in [1.29, 1.82) is 0 Å². The third-order valence-corrected chi connectivity index (χ3v) is 4.14. The van der Waals surface area contributed by atoms with Crippen molar-refractivity contribution < 1.29 is 4.42 Å². The standard InChI is InChI=1S/C13H14ClNOS/c1-15-12(10-6-7-16-8-10)9-17-13-5-3-2-4-11(13)14/h2-8,12,15H,9H2,1H3. The highest BCUT2D eigenvalue weighted by Crippen LogP contribution is 2.30. The molecule has 1 N–H and O–H groups in total. The van der Waals surface area contributed by atoms with Crippen LogP contribution in [0.2, 0.25) is 5.02 Å². The van der Waals surface area contributed by atoms with E-state index in [4.69, 9.17) is 16.0 Å². The van der Waals surface area contributed by atoms with Gasteiger partial charge in [0, 0.05) is 22.3 Å². The smallest absolute Gasteiger partial charge is 0.0950 e.